The number of carbonyl (C=O) groups excluding carboxylic acids is 4. The molecule has 4 rings (SSSR count). The Labute approximate surface area is 190 Å². The maximum atomic E-state index is 12.8. The van der Waals surface area contributed by atoms with E-state index < -0.39 is 18.5 Å². The lowest BCUT2D eigenvalue weighted by molar-refractivity contribution is -0.122. The number of nitrogens with one attached hydrogen (secondary N) is 1. The molecule has 2 fully saturated rings. The van der Waals surface area contributed by atoms with E-state index >= 15 is 0 Å². The Hall–Kier alpha value is -3.19. The summed E-state index contributed by atoms with van der Waals surface area (Å²) in [5.41, 5.74) is 1.16. The Kier molecular flexibility index (Phi) is 6.28. The number of hydrogen-bond donors (Lipinski definition) is 1. The summed E-state index contributed by atoms with van der Waals surface area (Å²) in [5, 5.41) is 3.07. The predicted octanol–water partition coefficient (Wildman–Crippen LogP) is 4.06. The lowest BCUT2D eigenvalue weighted by Gasteiger charge is -2.25. The summed E-state index contributed by atoms with van der Waals surface area (Å²) in [6.45, 7) is 1.64. The van der Waals surface area contributed by atoms with Crippen molar-refractivity contribution in [2.24, 2.45) is 17.8 Å². The molecule has 0 radical (unpaired) electrons. The molecule has 8 heteroatoms. The minimum atomic E-state index is -0.681. The molecule has 1 aliphatic carbocycles. The van der Waals surface area contributed by atoms with E-state index in [1.807, 2.05) is 0 Å². The summed E-state index contributed by atoms with van der Waals surface area (Å²) < 4.78 is 5.06. The van der Waals surface area contributed by atoms with E-state index in [1.165, 1.54) is 17.0 Å². The molecular formula is C24H23ClN2O5. The first-order chi connectivity index (χ1) is 15.3. The van der Waals surface area contributed by atoms with Crippen LogP contribution in [0.5, 0.6) is 0 Å². The molecule has 2 aromatic carbocycles. The van der Waals surface area contributed by atoms with Crippen LogP contribution in [0.1, 0.15) is 36.5 Å². The van der Waals surface area contributed by atoms with Crippen LogP contribution in [0.2, 0.25) is 5.02 Å². The number of halogens is 1. The molecule has 166 valence electrons. The van der Waals surface area contributed by atoms with E-state index in [0.29, 0.717) is 22.3 Å². The van der Waals surface area contributed by atoms with Gasteiger partial charge in [-0.15, -0.1) is 0 Å². The van der Waals surface area contributed by atoms with Gasteiger partial charge in [-0.05, 0) is 67.6 Å². The molecule has 0 unspecified atom stereocenters. The lowest BCUT2D eigenvalue weighted by atomic mass is 9.76. The van der Waals surface area contributed by atoms with Crippen molar-refractivity contribution < 1.29 is 23.9 Å². The fourth-order valence-electron chi connectivity index (χ4n) is 4.37. The zero-order valence-corrected chi connectivity index (χ0v) is 18.3. The second-order valence-electron chi connectivity index (χ2n) is 8.32. The van der Waals surface area contributed by atoms with Crippen molar-refractivity contribution in [2.45, 2.75) is 26.2 Å². The average molecular weight is 455 g/mol. The minimum absolute atomic E-state index is 0.167. The largest absolute Gasteiger partial charge is 0.452 e. The monoisotopic (exact) mass is 454 g/mol. The molecule has 1 saturated heterocycles. The van der Waals surface area contributed by atoms with Gasteiger partial charge in [-0.2, -0.15) is 0 Å². The number of benzene rings is 2. The number of carbonyl (C=O) groups is 4. The molecule has 2 aromatic rings. The van der Waals surface area contributed by atoms with Gasteiger partial charge in [0.2, 0.25) is 11.8 Å². The van der Waals surface area contributed by atoms with Crippen LogP contribution in [0.15, 0.2) is 48.5 Å². The van der Waals surface area contributed by atoms with E-state index in [2.05, 4.69) is 12.2 Å². The molecular weight excluding hydrogens is 432 g/mol. The van der Waals surface area contributed by atoms with Crippen LogP contribution in [0.3, 0.4) is 0 Å². The van der Waals surface area contributed by atoms with Gasteiger partial charge in [0.05, 0.1) is 23.1 Å². The third-order valence-electron chi connectivity index (χ3n) is 5.99. The number of fused-ring (bicyclic) bond motifs is 1. The Balaban J connectivity index is 1.36. The van der Waals surface area contributed by atoms with Gasteiger partial charge in [-0.1, -0.05) is 24.6 Å². The highest BCUT2D eigenvalue weighted by Gasteiger charge is 2.49. The lowest BCUT2D eigenvalue weighted by Crippen LogP contribution is -2.30. The zero-order valence-electron chi connectivity index (χ0n) is 17.5. The number of amides is 3. The number of hydrogen-bond acceptors (Lipinski definition) is 5. The van der Waals surface area contributed by atoms with Crippen LogP contribution in [-0.2, 0) is 19.1 Å². The summed E-state index contributed by atoms with van der Waals surface area (Å²) in [4.78, 5) is 51.1. The topological polar surface area (TPSA) is 92.8 Å². The molecule has 0 bridgehead atoms. The summed E-state index contributed by atoms with van der Waals surface area (Å²) >= 11 is 5.87. The summed E-state index contributed by atoms with van der Waals surface area (Å²) in [6, 6.07) is 12.7. The molecule has 0 aromatic heterocycles. The molecule has 1 aliphatic heterocycles. The second-order valence-corrected chi connectivity index (χ2v) is 8.76. The molecule has 32 heavy (non-hydrogen) atoms. The molecule has 7 nitrogen and oxygen atoms in total. The van der Waals surface area contributed by atoms with Gasteiger partial charge >= 0.3 is 5.97 Å². The highest BCUT2D eigenvalue weighted by molar-refractivity contribution is 6.30. The number of esters is 1. The predicted molar refractivity (Wildman–Crippen MR) is 119 cm³/mol. The fourth-order valence-corrected chi connectivity index (χ4v) is 4.56. The van der Waals surface area contributed by atoms with Crippen LogP contribution >= 0.6 is 11.6 Å². The summed E-state index contributed by atoms with van der Waals surface area (Å²) in [7, 11) is 0. The standard InChI is InChI=1S/C24H23ClN2O5/c1-14-5-10-19-20(11-14)23(30)27(22(19)29)18-8-6-15(7-9-18)24(31)32-13-21(28)26-17-4-2-3-16(25)12-17/h2-4,6-9,12,14,19-20H,5,10-11,13H2,1H3,(H,26,28)/t14-,19+,20+/m1/s1. The molecule has 0 spiro atoms. The number of ether oxygens (including phenoxy) is 1. The van der Waals surface area contributed by atoms with Crippen LogP contribution < -0.4 is 10.2 Å². The Bertz CT molecular complexity index is 1070. The van der Waals surface area contributed by atoms with Crippen molar-refractivity contribution in [1.82, 2.24) is 0 Å². The zero-order chi connectivity index (χ0) is 22.8. The van der Waals surface area contributed by atoms with E-state index in [-0.39, 0.29) is 29.2 Å². The normalized spacial score (nSPS) is 22.4. The number of nitrogens with zero attached hydrogens (tertiary/aromatic N) is 1. The molecule has 2 aliphatic rings. The summed E-state index contributed by atoms with van der Waals surface area (Å²) in [6.07, 6.45) is 2.41. The maximum Gasteiger partial charge on any atom is 0.338 e. The number of anilines is 2. The average Bonchev–Trinajstić information content (AvgIpc) is 3.01. The van der Waals surface area contributed by atoms with Gasteiger partial charge in [0.25, 0.3) is 5.91 Å². The molecule has 1 heterocycles. The van der Waals surface area contributed by atoms with Gasteiger partial charge in [0.1, 0.15) is 0 Å². The quantitative estimate of drug-likeness (QED) is 0.543. The first kappa shape index (κ1) is 22.0. The first-order valence-electron chi connectivity index (χ1n) is 10.5. The number of rotatable bonds is 5. The smallest absolute Gasteiger partial charge is 0.338 e. The van der Waals surface area contributed by atoms with Crippen LogP contribution in [0.4, 0.5) is 11.4 Å². The molecule has 1 saturated carbocycles. The highest BCUT2D eigenvalue weighted by atomic mass is 35.5. The van der Waals surface area contributed by atoms with E-state index in [4.69, 9.17) is 16.3 Å². The molecule has 3 amide bonds. The van der Waals surface area contributed by atoms with Gasteiger partial charge < -0.3 is 10.1 Å². The van der Waals surface area contributed by atoms with Gasteiger partial charge in [0.15, 0.2) is 6.61 Å². The fraction of sp³-hybridized carbons (Fsp3) is 0.333. The van der Waals surface area contributed by atoms with Gasteiger partial charge in [0, 0.05) is 10.7 Å². The van der Waals surface area contributed by atoms with Crippen molar-refractivity contribution in [3.8, 4) is 0 Å². The van der Waals surface area contributed by atoms with E-state index in [9.17, 15) is 19.2 Å². The maximum absolute atomic E-state index is 12.8. The first-order valence-corrected chi connectivity index (χ1v) is 10.9. The number of imide groups is 1. The van der Waals surface area contributed by atoms with Crippen LogP contribution in [-0.4, -0.2) is 30.3 Å². The Morgan fingerprint density at radius 2 is 1.78 bits per heavy atom. The third-order valence-corrected chi connectivity index (χ3v) is 6.23. The SMILES string of the molecule is C[C@@H]1CC[C@@H]2C(=O)N(c3ccc(C(=O)OCC(=O)Nc4cccc(Cl)c4)cc3)C(=O)[C@H]2C1. The van der Waals surface area contributed by atoms with Gasteiger partial charge in [-0.25, -0.2) is 4.79 Å². The molecule has 3 atom stereocenters. The van der Waals surface area contributed by atoms with Crippen molar-refractivity contribution >= 4 is 46.7 Å². The second kappa shape index (κ2) is 9.12. The third kappa shape index (κ3) is 4.53. The van der Waals surface area contributed by atoms with Crippen molar-refractivity contribution in [2.75, 3.05) is 16.8 Å². The summed E-state index contributed by atoms with van der Waals surface area (Å²) in [5.74, 6) is -1.59. The van der Waals surface area contributed by atoms with Crippen molar-refractivity contribution in [3.05, 3.63) is 59.1 Å². The Morgan fingerprint density at radius 3 is 2.50 bits per heavy atom. The Morgan fingerprint density at radius 1 is 1.06 bits per heavy atom. The van der Waals surface area contributed by atoms with Crippen LogP contribution in [0.25, 0.3) is 0 Å². The van der Waals surface area contributed by atoms with Crippen molar-refractivity contribution in [3.63, 3.8) is 0 Å². The van der Waals surface area contributed by atoms with Crippen LogP contribution in [0, 0.1) is 17.8 Å². The van der Waals surface area contributed by atoms with Crippen molar-refractivity contribution in [1.29, 1.82) is 0 Å². The van der Waals surface area contributed by atoms with E-state index in [0.717, 1.165) is 19.3 Å². The molecule has 1 N–H and O–H groups in total. The highest BCUT2D eigenvalue weighted by Crippen LogP contribution is 2.42. The van der Waals surface area contributed by atoms with E-state index in [1.54, 1.807) is 36.4 Å². The van der Waals surface area contributed by atoms with Gasteiger partial charge in [-0.3, -0.25) is 19.3 Å². The minimum Gasteiger partial charge on any atom is -0.452 e.